The minimum atomic E-state index is 0.302. The number of phenolic OH excluding ortho intramolecular Hbond substituents is 1. The highest BCUT2D eigenvalue weighted by Crippen LogP contribution is 2.45. The lowest BCUT2D eigenvalue weighted by Gasteiger charge is -2.22. The number of phenols is 1. The summed E-state index contributed by atoms with van der Waals surface area (Å²) in [6, 6.07) is 10.3. The van der Waals surface area contributed by atoms with Crippen LogP contribution in [0, 0.1) is 32.1 Å². The SMILES string of the molecule is COc1cc2c(cc1OC)-c1c(C#N)c(-c3cc(C)c(O)c(C)c3)c(C)n1CC2. The Balaban J connectivity index is 2.02. The zero-order valence-corrected chi connectivity index (χ0v) is 17.4. The van der Waals surface area contributed by atoms with Crippen LogP contribution in [0.4, 0.5) is 0 Å². The summed E-state index contributed by atoms with van der Waals surface area (Å²) in [5, 5.41) is 20.3. The average molecular weight is 388 g/mol. The highest BCUT2D eigenvalue weighted by atomic mass is 16.5. The number of fused-ring (bicyclic) bond motifs is 3. The van der Waals surface area contributed by atoms with Crippen molar-refractivity contribution in [1.82, 2.24) is 4.57 Å². The molecule has 0 spiro atoms. The van der Waals surface area contributed by atoms with Gasteiger partial charge in [0.25, 0.3) is 0 Å². The fraction of sp³-hybridized carbons (Fsp3) is 0.292. The molecule has 0 bridgehead atoms. The summed E-state index contributed by atoms with van der Waals surface area (Å²) < 4.78 is 13.2. The van der Waals surface area contributed by atoms with E-state index in [4.69, 9.17) is 9.47 Å². The molecule has 29 heavy (non-hydrogen) atoms. The number of benzene rings is 2. The van der Waals surface area contributed by atoms with Crippen LogP contribution in [0.15, 0.2) is 24.3 Å². The van der Waals surface area contributed by atoms with Crippen molar-refractivity contribution in [2.24, 2.45) is 0 Å². The van der Waals surface area contributed by atoms with Crippen molar-refractivity contribution in [1.29, 1.82) is 5.26 Å². The van der Waals surface area contributed by atoms with Crippen LogP contribution in [-0.2, 0) is 13.0 Å². The van der Waals surface area contributed by atoms with E-state index < -0.39 is 0 Å². The van der Waals surface area contributed by atoms with Gasteiger partial charge in [-0.25, -0.2) is 0 Å². The quantitative estimate of drug-likeness (QED) is 0.693. The molecule has 5 nitrogen and oxygen atoms in total. The number of aromatic hydroxyl groups is 1. The second-order valence-electron chi connectivity index (χ2n) is 7.52. The van der Waals surface area contributed by atoms with E-state index >= 15 is 0 Å². The first-order valence-corrected chi connectivity index (χ1v) is 9.60. The molecule has 1 aromatic heterocycles. The molecule has 5 heteroatoms. The highest BCUT2D eigenvalue weighted by molar-refractivity contribution is 5.86. The topological polar surface area (TPSA) is 67.4 Å². The van der Waals surface area contributed by atoms with Crippen LogP contribution in [0.2, 0.25) is 0 Å². The maximum absolute atomic E-state index is 10.2. The molecular formula is C24H24N2O3. The van der Waals surface area contributed by atoms with E-state index in [1.807, 2.05) is 38.1 Å². The van der Waals surface area contributed by atoms with Gasteiger partial charge in [0.1, 0.15) is 11.8 Å². The summed E-state index contributed by atoms with van der Waals surface area (Å²) >= 11 is 0. The van der Waals surface area contributed by atoms with Crippen molar-refractivity contribution in [2.45, 2.75) is 33.7 Å². The standard InChI is InChI=1S/C24H24N2O3/c1-13-8-17(9-14(2)24(13)27)22-15(3)26-7-6-16-10-20(28-4)21(29-5)11-18(16)23(26)19(22)12-25/h8-11,27H,6-7H2,1-5H3. The minimum Gasteiger partial charge on any atom is -0.507 e. The first-order valence-electron chi connectivity index (χ1n) is 9.60. The monoisotopic (exact) mass is 388 g/mol. The number of rotatable bonds is 3. The van der Waals surface area contributed by atoms with Crippen molar-refractivity contribution in [3.05, 3.63) is 52.2 Å². The van der Waals surface area contributed by atoms with Gasteiger partial charge in [-0.3, -0.25) is 0 Å². The third kappa shape index (κ3) is 2.75. The van der Waals surface area contributed by atoms with Gasteiger partial charge in [-0.2, -0.15) is 5.26 Å². The lowest BCUT2D eigenvalue weighted by molar-refractivity contribution is 0.354. The number of aromatic nitrogens is 1. The predicted molar refractivity (Wildman–Crippen MR) is 113 cm³/mol. The van der Waals surface area contributed by atoms with E-state index in [0.717, 1.165) is 57.7 Å². The first-order chi connectivity index (χ1) is 13.9. The molecule has 0 atom stereocenters. The van der Waals surface area contributed by atoms with E-state index in [1.54, 1.807) is 14.2 Å². The summed E-state index contributed by atoms with van der Waals surface area (Å²) in [5.41, 5.74) is 8.28. The Bertz CT molecular complexity index is 1160. The Hall–Kier alpha value is -3.39. The Morgan fingerprint density at radius 1 is 1.00 bits per heavy atom. The summed E-state index contributed by atoms with van der Waals surface area (Å²) in [4.78, 5) is 0. The van der Waals surface area contributed by atoms with E-state index in [1.165, 1.54) is 0 Å². The zero-order valence-electron chi connectivity index (χ0n) is 17.4. The van der Waals surface area contributed by atoms with Crippen LogP contribution < -0.4 is 9.47 Å². The molecule has 2 heterocycles. The summed E-state index contributed by atoms with van der Waals surface area (Å²) in [7, 11) is 3.25. The number of aryl methyl sites for hydroxylation is 3. The van der Waals surface area contributed by atoms with Gasteiger partial charge in [-0.05, 0) is 73.7 Å². The van der Waals surface area contributed by atoms with Gasteiger partial charge in [-0.15, -0.1) is 0 Å². The number of nitriles is 1. The molecule has 2 aromatic carbocycles. The number of hydrogen-bond donors (Lipinski definition) is 1. The van der Waals surface area contributed by atoms with Crippen molar-refractivity contribution in [3.8, 4) is 45.7 Å². The second kappa shape index (κ2) is 6.89. The molecule has 0 saturated carbocycles. The van der Waals surface area contributed by atoms with Crippen LogP contribution in [-0.4, -0.2) is 23.9 Å². The van der Waals surface area contributed by atoms with Crippen LogP contribution in [0.25, 0.3) is 22.4 Å². The van der Waals surface area contributed by atoms with Gasteiger partial charge < -0.3 is 19.1 Å². The maximum atomic E-state index is 10.2. The van der Waals surface area contributed by atoms with E-state index in [0.29, 0.717) is 22.8 Å². The maximum Gasteiger partial charge on any atom is 0.161 e. The molecule has 0 amide bonds. The lowest BCUT2D eigenvalue weighted by Crippen LogP contribution is -2.12. The van der Waals surface area contributed by atoms with E-state index in [9.17, 15) is 10.4 Å². The van der Waals surface area contributed by atoms with Gasteiger partial charge in [0.15, 0.2) is 11.5 Å². The largest absolute Gasteiger partial charge is 0.507 e. The van der Waals surface area contributed by atoms with Crippen molar-refractivity contribution in [2.75, 3.05) is 14.2 Å². The third-order valence-corrected chi connectivity index (χ3v) is 5.88. The molecule has 1 aliphatic rings. The van der Waals surface area contributed by atoms with Gasteiger partial charge in [0, 0.05) is 23.4 Å². The molecule has 0 saturated heterocycles. The molecule has 0 fully saturated rings. The number of hydrogen-bond acceptors (Lipinski definition) is 4. The Morgan fingerprint density at radius 2 is 1.62 bits per heavy atom. The minimum absolute atomic E-state index is 0.302. The number of methoxy groups -OCH3 is 2. The summed E-state index contributed by atoms with van der Waals surface area (Å²) in [6.45, 7) is 6.63. The smallest absolute Gasteiger partial charge is 0.161 e. The number of ether oxygens (including phenoxy) is 2. The lowest BCUT2D eigenvalue weighted by atomic mass is 9.93. The second-order valence-corrected chi connectivity index (χ2v) is 7.52. The Kier molecular flexibility index (Phi) is 4.50. The fourth-order valence-corrected chi connectivity index (χ4v) is 4.44. The molecule has 3 aromatic rings. The van der Waals surface area contributed by atoms with Crippen molar-refractivity contribution >= 4 is 0 Å². The van der Waals surface area contributed by atoms with E-state index in [-0.39, 0.29) is 0 Å². The molecule has 1 N–H and O–H groups in total. The molecule has 148 valence electrons. The van der Waals surface area contributed by atoms with Gasteiger partial charge in [0.2, 0.25) is 0 Å². The molecule has 0 unspecified atom stereocenters. The third-order valence-electron chi connectivity index (χ3n) is 5.88. The Labute approximate surface area is 170 Å². The molecule has 4 rings (SSSR count). The molecule has 0 radical (unpaired) electrons. The Morgan fingerprint density at radius 3 is 2.21 bits per heavy atom. The van der Waals surface area contributed by atoms with Gasteiger partial charge in [0.05, 0.1) is 25.5 Å². The van der Waals surface area contributed by atoms with Gasteiger partial charge >= 0.3 is 0 Å². The average Bonchev–Trinajstić information content (AvgIpc) is 3.02. The molecule has 1 aliphatic heterocycles. The molecule has 0 aliphatic carbocycles. The van der Waals surface area contributed by atoms with Crippen LogP contribution in [0.3, 0.4) is 0 Å². The normalized spacial score (nSPS) is 12.1. The van der Waals surface area contributed by atoms with Crippen molar-refractivity contribution in [3.63, 3.8) is 0 Å². The van der Waals surface area contributed by atoms with Crippen LogP contribution in [0.1, 0.15) is 27.9 Å². The first kappa shape index (κ1) is 18.9. The predicted octanol–water partition coefficient (Wildman–Crippen LogP) is 4.90. The van der Waals surface area contributed by atoms with Crippen LogP contribution >= 0.6 is 0 Å². The summed E-state index contributed by atoms with van der Waals surface area (Å²) in [6.07, 6.45) is 0.857. The van der Waals surface area contributed by atoms with E-state index in [2.05, 4.69) is 17.6 Å². The van der Waals surface area contributed by atoms with Crippen molar-refractivity contribution < 1.29 is 14.6 Å². The zero-order chi connectivity index (χ0) is 20.9. The number of nitrogens with zero attached hydrogens (tertiary/aromatic N) is 2. The fourth-order valence-electron chi connectivity index (χ4n) is 4.44. The van der Waals surface area contributed by atoms with Crippen LogP contribution in [0.5, 0.6) is 17.2 Å². The van der Waals surface area contributed by atoms with Gasteiger partial charge in [-0.1, -0.05) is 0 Å². The summed E-state index contributed by atoms with van der Waals surface area (Å²) in [5.74, 6) is 1.66. The highest BCUT2D eigenvalue weighted by Gasteiger charge is 2.28. The molecular weight excluding hydrogens is 364 g/mol.